The van der Waals surface area contributed by atoms with Gasteiger partial charge in [0.05, 0.1) is 19.8 Å². The molecule has 0 aliphatic heterocycles. The molecule has 3 heteroatoms. The summed E-state index contributed by atoms with van der Waals surface area (Å²) in [6.07, 6.45) is 6.24. The van der Waals surface area contributed by atoms with Crippen molar-refractivity contribution in [3.05, 3.63) is 34.9 Å². The molecule has 1 aliphatic carbocycles. The van der Waals surface area contributed by atoms with Gasteiger partial charge in [0.15, 0.2) is 0 Å². The molecule has 0 unspecified atom stereocenters. The molecule has 1 aliphatic rings. The number of ether oxygens (including phenoxy) is 2. The number of rotatable bonds is 9. The first kappa shape index (κ1) is 15.5. The fourth-order valence-corrected chi connectivity index (χ4v) is 2.68. The molecule has 2 rings (SSSR count). The zero-order chi connectivity index (χ0) is 14.0. The van der Waals surface area contributed by atoms with Crippen molar-refractivity contribution < 1.29 is 9.47 Å². The average Bonchev–Trinajstić information content (AvgIpc) is 2.50. The Labute approximate surface area is 122 Å². The Balaban J connectivity index is 1.60. The molecule has 0 aromatic heterocycles. The fraction of sp³-hybridized carbons (Fsp3) is 0.647. The minimum absolute atomic E-state index is 0.759. The van der Waals surface area contributed by atoms with Crippen LogP contribution in [0.5, 0.6) is 0 Å². The van der Waals surface area contributed by atoms with Crippen LogP contribution in [0.15, 0.2) is 18.2 Å². The highest BCUT2D eigenvalue weighted by atomic mass is 16.5. The summed E-state index contributed by atoms with van der Waals surface area (Å²) in [6.45, 7) is 4.13. The van der Waals surface area contributed by atoms with Crippen LogP contribution in [0, 0.1) is 0 Å². The van der Waals surface area contributed by atoms with Crippen LogP contribution < -0.4 is 5.32 Å². The first-order valence-electron chi connectivity index (χ1n) is 7.78. The summed E-state index contributed by atoms with van der Waals surface area (Å²) in [7, 11) is 1.72. The molecule has 0 saturated heterocycles. The van der Waals surface area contributed by atoms with Crippen molar-refractivity contribution >= 4 is 0 Å². The number of methoxy groups -OCH3 is 1. The fourth-order valence-electron chi connectivity index (χ4n) is 2.68. The summed E-state index contributed by atoms with van der Waals surface area (Å²) in [4.78, 5) is 0. The van der Waals surface area contributed by atoms with Gasteiger partial charge in [-0.3, -0.25) is 0 Å². The molecule has 1 N–H and O–H groups in total. The maximum atomic E-state index is 5.66. The van der Waals surface area contributed by atoms with Crippen molar-refractivity contribution in [2.24, 2.45) is 0 Å². The largest absolute Gasteiger partial charge is 0.383 e. The molecular weight excluding hydrogens is 250 g/mol. The molecule has 20 heavy (non-hydrogen) atoms. The predicted octanol–water partition coefficient (Wildman–Crippen LogP) is 2.36. The lowest BCUT2D eigenvalue weighted by Crippen LogP contribution is -2.23. The third-order valence-electron chi connectivity index (χ3n) is 3.85. The van der Waals surface area contributed by atoms with Crippen LogP contribution in [0.25, 0.3) is 0 Å². The Hall–Kier alpha value is -0.900. The quantitative estimate of drug-likeness (QED) is 0.703. The molecule has 0 radical (unpaired) electrons. The lowest BCUT2D eigenvalue weighted by atomic mass is 9.90. The molecule has 112 valence electrons. The van der Waals surface area contributed by atoms with Crippen LogP contribution in [-0.4, -0.2) is 40.0 Å². The van der Waals surface area contributed by atoms with Crippen molar-refractivity contribution in [3.8, 4) is 0 Å². The number of nitrogens with one attached hydrogen (secondary N) is 1. The SMILES string of the molecule is COCCNCCOCCc1ccc2c(c1)CCCC2. The highest BCUT2D eigenvalue weighted by Crippen LogP contribution is 2.22. The zero-order valence-electron chi connectivity index (χ0n) is 12.6. The predicted molar refractivity (Wildman–Crippen MR) is 82.4 cm³/mol. The molecule has 1 aromatic rings. The number of hydrogen-bond acceptors (Lipinski definition) is 3. The Kier molecular flexibility index (Phi) is 7.06. The van der Waals surface area contributed by atoms with E-state index in [0.717, 1.165) is 39.3 Å². The maximum Gasteiger partial charge on any atom is 0.0591 e. The van der Waals surface area contributed by atoms with Gasteiger partial charge in [-0.25, -0.2) is 0 Å². The highest BCUT2D eigenvalue weighted by molar-refractivity contribution is 5.33. The van der Waals surface area contributed by atoms with Crippen LogP contribution in [0.1, 0.15) is 29.5 Å². The van der Waals surface area contributed by atoms with Gasteiger partial charge in [0.2, 0.25) is 0 Å². The molecule has 0 atom stereocenters. The van der Waals surface area contributed by atoms with E-state index < -0.39 is 0 Å². The second-order valence-corrected chi connectivity index (χ2v) is 5.42. The van der Waals surface area contributed by atoms with Crippen molar-refractivity contribution in [1.82, 2.24) is 5.32 Å². The Morgan fingerprint density at radius 3 is 2.65 bits per heavy atom. The molecule has 0 saturated carbocycles. The van der Waals surface area contributed by atoms with E-state index in [4.69, 9.17) is 9.47 Å². The number of fused-ring (bicyclic) bond motifs is 1. The maximum absolute atomic E-state index is 5.66. The third-order valence-corrected chi connectivity index (χ3v) is 3.85. The summed E-state index contributed by atoms with van der Waals surface area (Å²) in [6, 6.07) is 6.97. The minimum Gasteiger partial charge on any atom is -0.383 e. The Morgan fingerprint density at radius 1 is 1.00 bits per heavy atom. The van der Waals surface area contributed by atoms with Gasteiger partial charge in [0.1, 0.15) is 0 Å². The van der Waals surface area contributed by atoms with Gasteiger partial charge >= 0.3 is 0 Å². The van der Waals surface area contributed by atoms with E-state index >= 15 is 0 Å². The topological polar surface area (TPSA) is 30.5 Å². The molecule has 0 spiro atoms. The van der Waals surface area contributed by atoms with Crippen LogP contribution in [0.4, 0.5) is 0 Å². The van der Waals surface area contributed by atoms with E-state index in [2.05, 4.69) is 23.5 Å². The van der Waals surface area contributed by atoms with Crippen molar-refractivity contribution in [2.45, 2.75) is 32.1 Å². The van der Waals surface area contributed by atoms with Gasteiger partial charge in [0.25, 0.3) is 0 Å². The van der Waals surface area contributed by atoms with Gasteiger partial charge in [-0.05, 0) is 48.8 Å². The van der Waals surface area contributed by atoms with Crippen molar-refractivity contribution in [2.75, 3.05) is 40.0 Å². The summed E-state index contributed by atoms with van der Waals surface area (Å²) in [5, 5.41) is 3.28. The molecule has 0 heterocycles. The zero-order valence-corrected chi connectivity index (χ0v) is 12.6. The van der Waals surface area contributed by atoms with Crippen LogP contribution >= 0.6 is 0 Å². The molecule has 0 bridgehead atoms. The lowest BCUT2D eigenvalue weighted by Gasteiger charge is -2.16. The van der Waals surface area contributed by atoms with Gasteiger partial charge < -0.3 is 14.8 Å². The number of hydrogen-bond donors (Lipinski definition) is 1. The number of aryl methyl sites for hydroxylation is 2. The van der Waals surface area contributed by atoms with Crippen molar-refractivity contribution in [1.29, 1.82) is 0 Å². The smallest absolute Gasteiger partial charge is 0.0591 e. The Bertz CT molecular complexity index is 393. The van der Waals surface area contributed by atoms with E-state index in [1.807, 2.05) is 0 Å². The summed E-state index contributed by atoms with van der Waals surface area (Å²) >= 11 is 0. The van der Waals surface area contributed by atoms with E-state index in [0.29, 0.717) is 0 Å². The van der Waals surface area contributed by atoms with Crippen LogP contribution in [0.2, 0.25) is 0 Å². The van der Waals surface area contributed by atoms with Crippen LogP contribution in [0.3, 0.4) is 0 Å². The average molecular weight is 277 g/mol. The summed E-state index contributed by atoms with van der Waals surface area (Å²) in [5.41, 5.74) is 4.54. The first-order chi connectivity index (χ1) is 9.90. The highest BCUT2D eigenvalue weighted by Gasteiger charge is 2.09. The lowest BCUT2D eigenvalue weighted by molar-refractivity contribution is 0.135. The van der Waals surface area contributed by atoms with Crippen molar-refractivity contribution in [3.63, 3.8) is 0 Å². The minimum atomic E-state index is 0.759. The third kappa shape index (κ3) is 5.23. The van der Waals surface area contributed by atoms with Gasteiger partial charge in [-0.15, -0.1) is 0 Å². The van der Waals surface area contributed by atoms with Gasteiger partial charge in [-0.1, -0.05) is 18.2 Å². The van der Waals surface area contributed by atoms with Gasteiger partial charge in [0, 0.05) is 20.2 Å². The summed E-state index contributed by atoms with van der Waals surface area (Å²) < 4.78 is 10.6. The standard InChI is InChI=1S/C17H27NO2/c1-19-12-9-18-10-13-20-11-8-15-6-7-16-4-2-3-5-17(16)14-15/h6-7,14,18H,2-5,8-13H2,1H3. The second kappa shape index (κ2) is 9.11. The number of benzene rings is 1. The molecule has 0 fully saturated rings. The van der Waals surface area contributed by atoms with Crippen LogP contribution in [-0.2, 0) is 28.7 Å². The molecular formula is C17H27NO2. The van der Waals surface area contributed by atoms with Gasteiger partial charge in [-0.2, -0.15) is 0 Å². The Morgan fingerprint density at radius 2 is 1.80 bits per heavy atom. The molecule has 0 amide bonds. The van der Waals surface area contributed by atoms with E-state index in [1.165, 1.54) is 31.2 Å². The second-order valence-electron chi connectivity index (χ2n) is 5.42. The van der Waals surface area contributed by atoms with E-state index in [9.17, 15) is 0 Å². The molecule has 1 aromatic carbocycles. The normalized spacial score (nSPS) is 14.2. The first-order valence-corrected chi connectivity index (χ1v) is 7.78. The molecule has 3 nitrogen and oxygen atoms in total. The monoisotopic (exact) mass is 277 g/mol. The summed E-state index contributed by atoms with van der Waals surface area (Å²) in [5.74, 6) is 0. The van der Waals surface area contributed by atoms with E-state index in [1.54, 1.807) is 18.2 Å². The van der Waals surface area contributed by atoms with E-state index in [-0.39, 0.29) is 0 Å².